The molecule has 0 aromatic carbocycles. The molecular weight excluding hydrogens is 168 g/mol. The highest BCUT2D eigenvalue weighted by Crippen LogP contribution is 2.01. The monoisotopic (exact) mass is 174 g/mol. The highest BCUT2D eigenvalue weighted by molar-refractivity contribution is 6.41. The number of esters is 1. The van der Waals surface area contributed by atoms with Gasteiger partial charge in [0.15, 0.2) is 0 Å². The first-order valence-corrected chi connectivity index (χ1v) is 3.13. The van der Waals surface area contributed by atoms with Crippen molar-refractivity contribution in [3.8, 4) is 11.8 Å². The molecule has 3 nitrogen and oxygen atoms in total. The summed E-state index contributed by atoms with van der Waals surface area (Å²) >= 11 is 5.37. The van der Waals surface area contributed by atoms with E-state index in [1.54, 1.807) is 0 Å². The normalized spacial score (nSPS) is 9.91. The highest BCUT2D eigenvalue weighted by Gasteiger charge is 2.02. The van der Waals surface area contributed by atoms with Crippen LogP contribution in [-0.4, -0.2) is 24.8 Å². The zero-order valence-electron chi connectivity index (χ0n) is 5.93. The van der Waals surface area contributed by atoms with Crippen LogP contribution in [0.4, 0.5) is 0 Å². The quantitative estimate of drug-likeness (QED) is 0.353. The van der Waals surface area contributed by atoms with E-state index in [4.69, 9.17) is 16.7 Å². The first-order valence-electron chi connectivity index (χ1n) is 2.75. The summed E-state index contributed by atoms with van der Waals surface area (Å²) in [4.78, 5) is 10.6. The number of carbonyl (C=O) groups excluding carboxylic acids is 1. The van der Waals surface area contributed by atoms with Crippen LogP contribution in [0, 0.1) is 11.8 Å². The first kappa shape index (κ1) is 10.0. The number of halogens is 1. The van der Waals surface area contributed by atoms with Crippen molar-refractivity contribution in [1.82, 2.24) is 0 Å². The standard InChI is InChI=1S/C7H7ClO3/c1-11-7(10)6(8)4-2-3-5-9/h4,9H,5H2,1H3/b6-4-. The molecule has 1 N–H and O–H groups in total. The van der Waals surface area contributed by atoms with Crippen LogP contribution in [0.3, 0.4) is 0 Å². The zero-order chi connectivity index (χ0) is 8.69. The second-order valence-corrected chi connectivity index (χ2v) is 1.87. The third kappa shape index (κ3) is 4.43. The van der Waals surface area contributed by atoms with Crippen LogP contribution >= 0.6 is 11.6 Å². The summed E-state index contributed by atoms with van der Waals surface area (Å²) in [7, 11) is 1.22. The number of hydrogen-bond acceptors (Lipinski definition) is 3. The molecule has 0 heterocycles. The van der Waals surface area contributed by atoms with Crippen molar-refractivity contribution in [3.05, 3.63) is 11.1 Å². The summed E-state index contributed by atoms with van der Waals surface area (Å²) in [5.41, 5.74) is 0. The van der Waals surface area contributed by atoms with Crippen LogP contribution in [-0.2, 0) is 9.53 Å². The molecule has 0 rings (SSSR count). The van der Waals surface area contributed by atoms with Crippen LogP contribution in [0.25, 0.3) is 0 Å². The third-order valence-electron chi connectivity index (χ3n) is 0.760. The van der Waals surface area contributed by atoms with Gasteiger partial charge < -0.3 is 9.84 Å². The summed E-state index contributed by atoms with van der Waals surface area (Å²) in [5.74, 6) is 4.01. The number of carbonyl (C=O) groups is 1. The van der Waals surface area contributed by atoms with Crippen LogP contribution in [0.15, 0.2) is 11.1 Å². The fourth-order valence-electron chi connectivity index (χ4n) is 0.316. The maximum atomic E-state index is 10.6. The minimum absolute atomic E-state index is 0.103. The topological polar surface area (TPSA) is 46.5 Å². The van der Waals surface area contributed by atoms with Gasteiger partial charge in [0, 0.05) is 6.08 Å². The second-order valence-electron chi connectivity index (χ2n) is 1.46. The lowest BCUT2D eigenvalue weighted by molar-refractivity contribution is -0.135. The first-order chi connectivity index (χ1) is 5.22. The Kier molecular flexibility index (Phi) is 5.26. The number of rotatable bonds is 1. The minimum Gasteiger partial charge on any atom is -0.465 e. The Bertz CT molecular complexity index is 222. The molecule has 0 bridgehead atoms. The van der Waals surface area contributed by atoms with E-state index in [1.807, 2.05) is 0 Å². The van der Waals surface area contributed by atoms with E-state index in [9.17, 15) is 4.79 Å². The van der Waals surface area contributed by atoms with E-state index in [0.29, 0.717) is 0 Å². The van der Waals surface area contributed by atoms with Gasteiger partial charge in [-0.15, -0.1) is 0 Å². The van der Waals surface area contributed by atoms with Crippen LogP contribution in [0.2, 0.25) is 0 Å². The van der Waals surface area contributed by atoms with E-state index >= 15 is 0 Å². The average Bonchev–Trinajstić information content (AvgIpc) is 2.03. The molecule has 4 heteroatoms. The number of allylic oxidation sites excluding steroid dienone is 1. The molecule has 0 unspecified atom stereocenters. The van der Waals surface area contributed by atoms with Crippen molar-refractivity contribution < 1.29 is 14.6 Å². The largest absolute Gasteiger partial charge is 0.465 e. The van der Waals surface area contributed by atoms with Gasteiger partial charge in [-0.2, -0.15) is 0 Å². The Morgan fingerprint density at radius 3 is 2.91 bits per heavy atom. The molecule has 0 atom stereocenters. The van der Waals surface area contributed by atoms with Crippen molar-refractivity contribution in [2.45, 2.75) is 0 Å². The summed E-state index contributed by atoms with van der Waals surface area (Å²) < 4.78 is 4.27. The number of ether oxygens (including phenoxy) is 1. The van der Waals surface area contributed by atoms with Gasteiger partial charge in [-0.3, -0.25) is 0 Å². The summed E-state index contributed by atoms with van der Waals surface area (Å²) in [6.07, 6.45) is 1.17. The fraction of sp³-hybridized carbons (Fsp3) is 0.286. The van der Waals surface area contributed by atoms with Crippen LogP contribution in [0.5, 0.6) is 0 Å². The van der Waals surface area contributed by atoms with E-state index in [2.05, 4.69) is 16.6 Å². The molecule has 11 heavy (non-hydrogen) atoms. The van der Waals surface area contributed by atoms with Crippen LogP contribution < -0.4 is 0 Å². The molecule has 0 fully saturated rings. The Balaban J connectivity index is 4.11. The Morgan fingerprint density at radius 2 is 2.45 bits per heavy atom. The van der Waals surface area contributed by atoms with Crippen molar-refractivity contribution in [2.75, 3.05) is 13.7 Å². The van der Waals surface area contributed by atoms with E-state index in [0.717, 1.165) is 0 Å². The van der Waals surface area contributed by atoms with Crippen molar-refractivity contribution in [1.29, 1.82) is 0 Å². The van der Waals surface area contributed by atoms with Gasteiger partial charge in [-0.25, -0.2) is 4.79 Å². The molecule has 60 valence electrons. The molecular formula is C7H7ClO3. The van der Waals surface area contributed by atoms with E-state index in [1.165, 1.54) is 13.2 Å². The van der Waals surface area contributed by atoms with Gasteiger partial charge in [0.25, 0.3) is 0 Å². The molecule has 0 amide bonds. The lowest BCUT2D eigenvalue weighted by Gasteiger charge is -1.91. The maximum Gasteiger partial charge on any atom is 0.350 e. The average molecular weight is 175 g/mol. The van der Waals surface area contributed by atoms with Gasteiger partial charge in [0.05, 0.1) is 7.11 Å². The number of hydrogen-bond donors (Lipinski definition) is 1. The number of methoxy groups -OCH3 is 1. The molecule has 0 spiro atoms. The Labute approximate surface area is 69.6 Å². The molecule has 0 radical (unpaired) electrons. The Morgan fingerprint density at radius 1 is 1.82 bits per heavy atom. The minimum atomic E-state index is -0.640. The number of aliphatic hydroxyl groups excluding tert-OH is 1. The van der Waals surface area contributed by atoms with Gasteiger partial charge in [0.2, 0.25) is 0 Å². The number of aliphatic hydroxyl groups is 1. The summed E-state index contributed by atoms with van der Waals surface area (Å²) in [5, 5.41) is 8.11. The third-order valence-corrected chi connectivity index (χ3v) is 1.02. The molecule has 0 aliphatic carbocycles. The summed E-state index contributed by atoms with van der Waals surface area (Å²) in [6, 6.07) is 0. The lowest BCUT2D eigenvalue weighted by Crippen LogP contribution is -1.98. The lowest BCUT2D eigenvalue weighted by atomic mass is 10.5. The molecule has 0 aromatic rings. The predicted octanol–water partition coefficient (Wildman–Crippen LogP) is 0.278. The Hall–Kier alpha value is -0.980. The van der Waals surface area contributed by atoms with Crippen molar-refractivity contribution in [3.63, 3.8) is 0 Å². The fourth-order valence-corrected chi connectivity index (χ4v) is 0.448. The predicted molar refractivity (Wildman–Crippen MR) is 40.8 cm³/mol. The van der Waals surface area contributed by atoms with Gasteiger partial charge in [0.1, 0.15) is 11.6 Å². The van der Waals surface area contributed by atoms with Gasteiger partial charge in [-0.1, -0.05) is 23.4 Å². The highest BCUT2D eigenvalue weighted by atomic mass is 35.5. The maximum absolute atomic E-state index is 10.6. The molecule has 0 aromatic heterocycles. The smallest absolute Gasteiger partial charge is 0.350 e. The molecule has 0 saturated carbocycles. The van der Waals surface area contributed by atoms with E-state index in [-0.39, 0.29) is 11.6 Å². The SMILES string of the molecule is COC(=O)/C(Cl)=C/C#CCO. The molecule has 0 aliphatic heterocycles. The van der Waals surface area contributed by atoms with Crippen LogP contribution in [0.1, 0.15) is 0 Å². The van der Waals surface area contributed by atoms with E-state index < -0.39 is 5.97 Å². The van der Waals surface area contributed by atoms with Gasteiger partial charge >= 0.3 is 5.97 Å². The second kappa shape index (κ2) is 5.78. The van der Waals surface area contributed by atoms with Crippen molar-refractivity contribution in [2.24, 2.45) is 0 Å². The molecule has 0 saturated heterocycles. The summed E-state index contributed by atoms with van der Waals surface area (Å²) in [6.45, 7) is -0.262. The van der Waals surface area contributed by atoms with Gasteiger partial charge in [-0.05, 0) is 0 Å². The zero-order valence-corrected chi connectivity index (χ0v) is 6.68. The molecule has 0 aliphatic rings. The van der Waals surface area contributed by atoms with Crippen molar-refractivity contribution >= 4 is 17.6 Å².